The predicted molar refractivity (Wildman–Crippen MR) is 97.3 cm³/mol. The Balaban J connectivity index is 1.48. The number of morpholine rings is 1. The Morgan fingerprint density at radius 1 is 1.30 bits per heavy atom. The van der Waals surface area contributed by atoms with Crippen LogP contribution in [0.3, 0.4) is 0 Å². The zero-order valence-electron chi connectivity index (χ0n) is 14.9. The molecule has 8 nitrogen and oxygen atoms in total. The molecule has 27 heavy (non-hydrogen) atoms. The molecule has 0 unspecified atom stereocenters. The first-order valence-electron chi connectivity index (χ1n) is 8.66. The lowest BCUT2D eigenvalue weighted by molar-refractivity contribution is -0.0337. The molecule has 1 atom stereocenters. The van der Waals surface area contributed by atoms with E-state index in [9.17, 15) is 4.79 Å². The van der Waals surface area contributed by atoms with Crippen molar-refractivity contribution in [3.05, 3.63) is 53.7 Å². The molecular formula is C19H20N4O4. The van der Waals surface area contributed by atoms with E-state index in [1.54, 1.807) is 7.11 Å². The number of carbonyl (C=O) groups excluding carboxylic acids is 1. The molecule has 0 radical (unpaired) electrons. The Hall–Kier alpha value is -2.97. The van der Waals surface area contributed by atoms with Gasteiger partial charge in [-0.2, -0.15) is 4.98 Å². The van der Waals surface area contributed by atoms with Crippen molar-refractivity contribution >= 4 is 16.7 Å². The van der Waals surface area contributed by atoms with Crippen molar-refractivity contribution in [1.82, 2.24) is 15.0 Å². The van der Waals surface area contributed by atoms with E-state index in [-0.39, 0.29) is 12.0 Å². The van der Waals surface area contributed by atoms with Gasteiger partial charge < -0.3 is 19.7 Å². The van der Waals surface area contributed by atoms with Gasteiger partial charge in [0.15, 0.2) is 5.82 Å². The summed E-state index contributed by atoms with van der Waals surface area (Å²) in [6.45, 7) is 2.52. The fourth-order valence-corrected chi connectivity index (χ4v) is 3.24. The van der Waals surface area contributed by atoms with E-state index in [0.717, 1.165) is 28.6 Å². The van der Waals surface area contributed by atoms with E-state index in [1.807, 2.05) is 18.2 Å². The first-order valence-corrected chi connectivity index (χ1v) is 8.66. The third-order valence-electron chi connectivity index (χ3n) is 4.64. The van der Waals surface area contributed by atoms with Gasteiger partial charge >= 0.3 is 11.8 Å². The summed E-state index contributed by atoms with van der Waals surface area (Å²) < 4.78 is 16.1. The Morgan fingerprint density at radius 2 is 2.11 bits per heavy atom. The molecule has 1 amide bonds. The van der Waals surface area contributed by atoms with Gasteiger partial charge in [0.2, 0.25) is 0 Å². The highest BCUT2D eigenvalue weighted by Crippen LogP contribution is 2.28. The summed E-state index contributed by atoms with van der Waals surface area (Å²) in [6.07, 6.45) is -0.0484. The van der Waals surface area contributed by atoms with Crippen LogP contribution in [0.15, 0.2) is 40.9 Å². The molecule has 1 aliphatic rings. The lowest BCUT2D eigenvalue weighted by atomic mass is 10.0. The average Bonchev–Trinajstić information content (AvgIpc) is 3.16. The molecule has 8 heteroatoms. The zero-order valence-corrected chi connectivity index (χ0v) is 14.9. The minimum Gasteiger partial charge on any atom is -0.497 e. The molecule has 2 heterocycles. The Bertz CT molecular complexity index is 971. The maximum Gasteiger partial charge on any atom is 0.315 e. The number of methoxy groups -OCH3 is 1. The molecule has 0 saturated carbocycles. The second kappa shape index (κ2) is 7.34. The number of rotatable bonds is 5. The number of carbonyl (C=O) groups is 1. The number of fused-ring (bicyclic) bond motifs is 1. The van der Waals surface area contributed by atoms with Crippen LogP contribution in [-0.2, 0) is 11.3 Å². The van der Waals surface area contributed by atoms with Crippen molar-refractivity contribution in [2.75, 3.05) is 26.8 Å². The molecule has 1 saturated heterocycles. The molecule has 1 aromatic heterocycles. The molecule has 3 aromatic rings. The summed E-state index contributed by atoms with van der Waals surface area (Å²) in [5.74, 6) is 0.391. The van der Waals surface area contributed by atoms with E-state index >= 15 is 0 Å². The van der Waals surface area contributed by atoms with Crippen LogP contribution < -0.4 is 10.5 Å². The number of aromatic nitrogens is 2. The second-order valence-corrected chi connectivity index (χ2v) is 6.45. The first kappa shape index (κ1) is 17.4. The van der Waals surface area contributed by atoms with Gasteiger partial charge in [-0.3, -0.25) is 9.69 Å². The van der Waals surface area contributed by atoms with Crippen LogP contribution in [-0.4, -0.2) is 47.8 Å². The lowest BCUT2D eigenvalue weighted by Crippen LogP contribution is -2.38. The number of nitrogens with zero attached hydrogens (tertiary/aromatic N) is 3. The largest absolute Gasteiger partial charge is 0.497 e. The Kier molecular flexibility index (Phi) is 4.74. The third-order valence-corrected chi connectivity index (χ3v) is 4.64. The van der Waals surface area contributed by atoms with Crippen LogP contribution in [0.4, 0.5) is 0 Å². The quantitative estimate of drug-likeness (QED) is 0.733. The van der Waals surface area contributed by atoms with Crippen molar-refractivity contribution in [3.8, 4) is 5.75 Å². The van der Waals surface area contributed by atoms with Crippen molar-refractivity contribution in [3.63, 3.8) is 0 Å². The molecule has 0 aliphatic carbocycles. The highest BCUT2D eigenvalue weighted by molar-refractivity contribution is 5.87. The van der Waals surface area contributed by atoms with Gasteiger partial charge in [-0.05, 0) is 34.5 Å². The van der Waals surface area contributed by atoms with E-state index in [4.69, 9.17) is 19.7 Å². The highest BCUT2D eigenvalue weighted by Gasteiger charge is 2.24. The van der Waals surface area contributed by atoms with E-state index in [1.165, 1.54) is 0 Å². The van der Waals surface area contributed by atoms with Gasteiger partial charge in [0.1, 0.15) is 5.75 Å². The van der Waals surface area contributed by atoms with Crippen LogP contribution in [0.25, 0.3) is 10.8 Å². The smallest absolute Gasteiger partial charge is 0.315 e. The van der Waals surface area contributed by atoms with Crippen LogP contribution in [0.1, 0.15) is 28.2 Å². The van der Waals surface area contributed by atoms with Gasteiger partial charge in [0, 0.05) is 13.1 Å². The fourth-order valence-electron chi connectivity index (χ4n) is 3.24. The molecule has 4 rings (SSSR count). The molecule has 0 spiro atoms. The number of amides is 1. The predicted octanol–water partition coefficient (Wildman–Crippen LogP) is 1.90. The van der Waals surface area contributed by atoms with Gasteiger partial charge in [0.25, 0.3) is 0 Å². The maximum atomic E-state index is 11.1. The number of nitrogens with two attached hydrogens (primary N) is 1. The molecule has 1 fully saturated rings. The molecular weight excluding hydrogens is 348 g/mol. The lowest BCUT2D eigenvalue weighted by Gasteiger charge is -2.32. The Labute approximate surface area is 155 Å². The summed E-state index contributed by atoms with van der Waals surface area (Å²) in [7, 11) is 1.66. The monoisotopic (exact) mass is 368 g/mol. The van der Waals surface area contributed by atoms with Crippen LogP contribution >= 0.6 is 0 Å². The second-order valence-electron chi connectivity index (χ2n) is 6.45. The topological polar surface area (TPSA) is 104 Å². The fraction of sp³-hybridized carbons (Fsp3) is 0.316. The summed E-state index contributed by atoms with van der Waals surface area (Å²) in [5.41, 5.74) is 6.26. The van der Waals surface area contributed by atoms with Gasteiger partial charge in [-0.25, -0.2) is 0 Å². The summed E-state index contributed by atoms with van der Waals surface area (Å²) in [4.78, 5) is 17.3. The van der Waals surface area contributed by atoms with Gasteiger partial charge in [0.05, 0.1) is 26.4 Å². The number of hydrogen-bond acceptors (Lipinski definition) is 7. The summed E-state index contributed by atoms with van der Waals surface area (Å²) in [5, 5.41) is 6.06. The zero-order chi connectivity index (χ0) is 18.8. The standard InChI is InChI=1S/C19H20N4O4/c1-25-15-5-4-12-8-14(3-2-13(12)9-15)16-10-23(6-7-26-16)11-17-21-19(18(20)24)27-22-17/h2-5,8-9,16H,6-7,10-11H2,1H3,(H2,20,24)/t16-/m0/s1. The van der Waals surface area contributed by atoms with Crippen LogP contribution in [0.5, 0.6) is 5.75 Å². The number of ether oxygens (including phenoxy) is 2. The minimum absolute atomic E-state index is 0.0484. The number of benzene rings is 2. The van der Waals surface area contributed by atoms with Crippen molar-refractivity contribution < 1.29 is 18.8 Å². The average molecular weight is 368 g/mol. The SMILES string of the molecule is COc1ccc2cc([C@@H]3CN(Cc4noc(C(N)=O)n4)CCO3)ccc2c1. The van der Waals surface area contributed by atoms with Gasteiger partial charge in [-0.15, -0.1) is 0 Å². The van der Waals surface area contributed by atoms with Crippen molar-refractivity contribution in [2.45, 2.75) is 12.6 Å². The normalized spacial score (nSPS) is 17.9. The van der Waals surface area contributed by atoms with Crippen LogP contribution in [0.2, 0.25) is 0 Å². The molecule has 2 N–H and O–H groups in total. The van der Waals surface area contributed by atoms with Crippen molar-refractivity contribution in [2.24, 2.45) is 5.73 Å². The number of primary amides is 1. The minimum atomic E-state index is -0.721. The van der Waals surface area contributed by atoms with E-state index < -0.39 is 5.91 Å². The Morgan fingerprint density at radius 3 is 2.89 bits per heavy atom. The summed E-state index contributed by atoms with van der Waals surface area (Å²) in [6, 6.07) is 12.3. The molecule has 0 bridgehead atoms. The van der Waals surface area contributed by atoms with Gasteiger partial charge in [-0.1, -0.05) is 23.4 Å². The van der Waals surface area contributed by atoms with Crippen molar-refractivity contribution in [1.29, 1.82) is 0 Å². The van der Waals surface area contributed by atoms with Crippen LogP contribution in [0, 0.1) is 0 Å². The highest BCUT2D eigenvalue weighted by atomic mass is 16.5. The molecule has 140 valence electrons. The molecule has 1 aliphatic heterocycles. The van der Waals surface area contributed by atoms with E-state index in [0.29, 0.717) is 25.5 Å². The number of hydrogen-bond donors (Lipinski definition) is 1. The first-order chi connectivity index (χ1) is 13.1. The third kappa shape index (κ3) is 3.76. The molecule has 2 aromatic carbocycles. The maximum absolute atomic E-state index is 11.1. The summed E-state index contributed by atoms with van der Waals surface area (Å²) >= 11 is 0. The van der Waals surface area contributed by atoms with E-state index in [2.05, 4.69) is 33.2 Å².